The van der Waals surface area contributed by atoms with E-state index in [1.54, 1.807) is 14.2 Å². The molecule has 0 aliphatic rings. The third-order valence-electron chi connectivity index (χ3n) is 3.17. The fourth-order valence-electron chi connectivity index (χ4n) is 1.84. The van der Waals surface area contributed by atoms with Gasteiger partial charge in [0.15, 0.2) is 0 Å². The first-order valence-corrected chi connectivity index (χ1v) is 7.93. The summed E-state index contributed by atoms with van der Waals surface area (Å²) in [5.74, 6) is 2.04. The van der Waals surface area contributed by atoms with Crippen molar-refractivity contribution < 1.29 is 13.7 Å². The average Bonchev–Trinajstić information content (AvgIpc) is 2.42. The first kappa shape index (κ1) is 17.0. The van der Waals surface area contributed by atoms with E-state index in [-0.39, 0.29) is 10.8 Å². The Morgan fingerprint density at radius 3 is 2.35 bits per heavy atom. The fraction of sp³-hybridized carbons (Fsp3) is 0.600. The van der Waals surface area contributed by atoms with E-state index in [0.717, 1.165) is 17.1 Å². The number of nitrogens with one attached hydrogen (secondary N) is 1. The molecule has 0 aromatic heterocycles. The van der Waals surface area contributed by atoms with Crippen molar-refractivity contribution >= 4 is 10.8 Å². The van der Waals surface area contributed by atoms with Crippen molar-refractivity contribution in [2.45, 2.75) is 31.6 Å². The van der Waals surface area contributed by atoms with Gasteiger partial charge in [-0.05, 0) is 33.9 Å². The first-order valence-electron chi connectivity index (χ1n) is 6.61. The molecule has 0 radical (unpaired) electrons. The predicted molar refractivity (Wildman–Crippen MR) is 84.1 cm³/mol. The fourth-order valence-corrected chi connectivity index (χ4v) is 2.99. The summed E-state index contributed by atoms with van der Waals surface area (Å²) in [7, 11) is 4.19. The van der Waals surface area contributed by atoms with Crippen LogP contribution < -0.4 is 14.8 Å². The maximum atomic E-state index is 12.3. The normalized spacial score (nSPS) is 14.7. The Morgan fingerprint density at radius 2 is 1.90 bits per heavy atom. The second kappa shape index (κ2) is 7.09. The van der Waals surface area contributed by atoms with E-state index < -0.39 is 10.8 Å². The molecule has 0 fully saturated rings. The van der Waals surface area contributed by atoms with Crippen molar-refractivity contribution in [1.82, 2.24) is 5.32 Å². The lowest BCUT2D eigenvalue weighted by Gasteiger charge is -2.24. The minimum Gasteiger partial charge on any atom is -0.497 e. The third-order valence-corrected chi connectivity index (χ3v) is 5.17. The minimum atomic E-state index is -0.934. The van der Waals surface area contributed by atoms with Crippen LogP contribution in [0.1, 0.15) is 32.4 Å². The Morgan fingerprint density at radius 1 is 1.25 bits per heavy atom. The summed E-state index contributed by atoms with van der Waals surface area (Å²) < 4.78 is 22.7. The maximum Gasteiger partial charge on any atom is 0.127 e. The van der Waals surface area contributed by atoms with E-state index in [9.17, 15) is 4.21 Å². The van der Waals surface area contributed by atoms with Crippen molar-refractivity contribution in [2.75, 3.05) is 27.0 Å². The standard InChI is InChI=1S/C15H25NO3S/c1-15(2,3)20(17)10-13(16-4)12-8-7-11(18-5)9-14(12)19-6/h7-9,13,16H,10H2,1-6H3. The van der Waals surface area contributed by atoms with Crippen LogP contribution in [0.15, 0.2) is 18.2 Å². The van der Waals surface area contributed by atoms with Crippen LogP contribution in [0.25, 0.3) is 0 Å². The Bertz CT molecular complexity index is 469. The van der Waals surface area contributed by atoms with Gasteiger partial charge in [0.2, 0.25) is 0 Å². The summed E-state index contributed by atoms with van der Waals surface area (Å²) in [6, 6.07) is 5.68. The molecule has 4 nitrogen and oxygen atoms in total. The molecule has 1 aromatic carbocycles. The summed E-state index contributed by atoms with van der Waals surface area (Å²) in [6.45, 7) is 5.96. The molecular weight excluding hydrogens is 274 g/mol. The van der Waals surface area contributed by atoms with Gasteiger partial charge in [-0.1, -0.05) is 6.07 Å². The number of methoxy groups -OCH3 is 2. The van der Waals surface area contributed by atoms with Gasteiger partial charge in [-0.2, -0.15) is 0 Å². The van der Waals surface area contributed by atoms with Crippen LogP contribution in [0.2, 0.25) is 0 Å². The molecule has 1 aromatic rings. The molecule has 2 unspecified atom stereocenters. The first-order chi connectivity index (χ1) is 9.33. The van der Waals surface area contributed by atoms with Crippen molar-refractivity contribution in [3.63, 3.8) is 0 Å². The van der Waals surface area contributed by atoms with Crippen molar-refractivity contribution in [3.05, 3.63) is 23.8 Å². The smallest absolute Gasteiger partial charge is 0.127 e. The van der Waals surface area contributed by atoms with Crippen LogP contribution >= 0.6 is 0 Å². The molecule has 0 amide bonds. The summed E-state index contributed by atoms with van der Waals surface area (Å²) in [5, 5.41) is 3.22. The Balaban J connectivity index is 3.03. The molecule has 0 saturated carbocycles. The highest BCUT2D eigenvalue weighted by Crippen LogP contribution is 2.30. The number of hydrogen-bond donors (Lipinski definition) is 1. The molecule has 0 saturated heterocycles. The van der Waals surface area contributed by atoms with E-state index in [0.29, 0.717) is 5.75 Å². The molecule has 0 heterocycles. The minimum absolute atomic E-state index is 0.0177. The second-order valence-electron chi connectivity index (χ2n) is 5.57. The highest BCUT2D eigenvalue weighted by atomic mass is 32.2. The number of ether oxygens (including phenoxy) is 2. The molecule has 5 heteroatoms. The number of benzene rings is 1. The number of rotatable bonds is 6. The van der Waals surface area contributed by atoms with Gasteiger partial charge in [-0.25, -0.2) is 0 Å². The molecule has 0 aliphatic carbocycles. The Kier molecular flexibility index (Phi) is 6.02. The largest absolute Gasteiger partial charge is 0.497 e. The van der Waals surface area contributed by atoms with Crippen LogP contribution in [0.3, 0.4) is 0 Å². The van der Waals surface area contributed by atoms with Gasteiger partial charge in [0, 0.05) is 39.0 Å². The highest BCUT2D eigenvalue weighted by molar-refractivity contribution is 7.86. The van der Waals surface area contributed by atoms with Crippen LogP contribution in [-0.2, 0) is 10.8 Å². The van der Waals surface area contributed by atoms with Gasteiger partial charge in [-0.3, -0.25) is 4.21 Å². The molecular formula is C15H25NO3S. The molecule has 114 valence electrons. The van der Waals surface area contributed by atoms with E-state index in [2.05, 4.69) is 5.32 Å². The van der Waals surface area contributed by atoms with Gasteiger partial charge in [0.05, 0.1) is 14.2 Å². The van der Waals surface area contributed by atoms with Crippen LogP contribution in [0, 0.1) is 0 Å². The number of hydrogen-bond acceptors (Lipinski definition) is 4. The SMILES string of the molecule is CNC(CS(=O)C(C)(C)C)c1ccc(OC)cc1OC. The average molecular weight is 299 g/mol. The highest BCUT2D eigenvalue weighted by Gasteiger charge is 2.25. The zero-order valence-corrected chi connectivity index (χ0v) is 14.0. The van der Waals surface area contributed by atoms with Crippen molar-refractivity contribution in [1.29, 1.82) is 0 Å². The lowest BCUT2D eigenvalue weighted by molar-refractivity contribution is 0.387. The molecule has 1 N–H and O–H groups in total. The third kappa shape index (κ3) is 4.21. The Labute approximate surface area is 124 Å². The van der Waals surface area contributed by atoms with Crippen LogP contribution in [0.5, 0.6) is 11.5 Å². The molecule has 1 rings (SSSR count). The lowest BCUT2D eigenvalue weighted by atomic mass is 10.1. The second-order valence-corrected chi connectivity index (χ2v) is 7.82. The predicted octanol–water partition coefficient (Wildman–Crippen LogP) is 2.51. The lowest BCUT2D eigenvalue weighted by Crippen LogP contribution is -2.31. The monoisotopic (exact) mass is 299 g/mol. The van der Waals surface area contributed by atoms with Gasteiger partial charge in [0.25, 0.3) is 0 Å². The van der Waals surface area contributed by atoms with Crippen LogP contribution in [-0.4, -0.2) is 36.0 Å². The van der Waals surface area contributed by atoms with Gasteiger partial charge in [-0.15, -0.1) is 0 Å². The van der Waals surface area contributed by atoms with Gasteiger partial charge < -0.3 is 14.8 Å². The van der Waals surface area contributed by atoms with E-state index in [4.69, 9.17) is 9.47 Å². The summed E-state index contributed by atoms with van der Waals surface area (Å²) in [6.07, 6.45) is 0. The van der Waals surface area contributed by atoms with E-state index in [1.807, 2.05) is 46.0 Å². The van der Waals surface area contributed by atoms with E-state index in [1.165, 1.54) is 0 Å². The molecule has 0 spiro atoms. The quantitative estimate of drug-likeness (QED) is 0.877. The Hall–Kier alpha value is -1.07. The molecule has 0 aliphatic heterocycles. The summed E-state index contributed by atoms with van der Waals surface area (Å²) >= 11 is 0. The molecule has 20 heavy (non-hydrogen) atoms. The molecule has 2 atom stereocenters. The topological polar surface area (TPSA) is 47.6 Å². The van der Waals surface area contributed by atoms with Crippen LogP contribution in [0.4, 0.5) is 0 Å². The molecule has 0 bridgehead atoms. The van der Waals surface area contributed by atoms with Gasteiger partial charge >= 0.3 is 0 Å². The van der Waals surface area contributed by atoms with Crippen molar-refractivity contribution in [2.24, 2.45) is 0 Å². The van der Waals surface area contributed by atoms with Crippen molar-refractivity contribution in [3.8, 4) is 11.5 Å². The maximum absolute atomic E-state index is 12.3. The van der Waals surface area contributed by atoms with E-state index >= 15 is 0 Å². The summed E-state index contributed by atoms with van der Waals surface area (Å²) in [4.78, 5) is 0. The zero-order chi connectivity index (χ0) is 15.3. The summed E-state index contributed by atoms with van der Waals surface area (Å²) in [5.41, 5.74) is 0.994. The van der Waals surface area contributed by atoms with Gasteiger partial charge in [0.1, 0.15) is 11.5 Å². The zero-order valence-electron chi connectivity index (χ0n) is 13.1.